The van der Waals surface area contributed by atoms with Gasteiger partial charge >= 0.3 is 0 Å². The number of hydrogen-bond acceptors (Lipinski definition) is 3. The van der Waals surface area contributed by atoms with Crippen molar-refractivity contribution in [3.05, 3.63) is 4.91 Å². The Bertz CT molecular complexity index is 52.9. The van der Waals surface area contributed by atoms with Gasteiger partial charge in [-0.2, -0.15) is 0 Å². The molecule has 0 radical (unpaired) electrons. The van der Waals surface area contributed by atoms with E-state index in [1.165, 1.54) is 7.11 Å². The number of hydroxylamine groups is 1. The number of nitroso groups, excluding NO2 is 1. The molecule has 0 rings (SSSR count). The largest absolute Gasteiger partial charge is 0.257 e. The van der Waals surface area contributed by atoms with Crippen LogP contribution >= 0.6 is 0 Å². The zero-order chi connectivity index (χ0) is 5.70. The average Bonchev–Trinajstić information content (AvgIpc) is 1.72. The van der Waals surface area contributed by atoms with E-state index in [9.17, 15) is 4.91 Å². The normalized spacial score (nSPS) is 8.29. The molecule has 0 unspecified atom stereocenters. The van der Waals surface area contributed by atoms with Crippen molar-refractivity contribution in [1.82, 2.24) is 5.17 Å². The van der Waals surface area contributed by atoms with E-state index in [1.54, 1.807) is 6.92 Å². The summed E-state index contributed by atoms with van der Waals surface area (Å²) in [5.41, 5.74) is 0. The molecule has 0 saturated heterocycles. The Morgan fingerprint density at radius 3 is 2.43 bits per heavy atom. The monoisotopic (exact) mass is 104 g/mol. The van der Waals surface area contributed by atoms with Gasteiger partial charge in [-0.1, -0.05) is 0 Å². The average molecular weight is 104 g/mol. The summed E-state index contributed by atoms with van der Waals surface area (Å²) in [7, 11) is 1.39. The molecule has 0 fully saturated rings. The van der Waals surface area contributed by atoms with Gasteiger partial charge in [0.1, 0.15) is 0 Å². The van der Waals surface area contributed by atoms with Crippen LogP contribution in [0.4, 0.5) is 0 Å². The van der Waals surface area contributed by atoms with Gasteiger partial charge in [-0.05, 0) is 6.92 Å². The molecule has 0 aliphatic carbocycles. The first-order chi connectivity index (χ1) is 3.35. The third-order valence-corrected chi connectivity index (χ3v) is 0.572. The van der Waals surface area contributed by atoms with Crippen molar-refractivity contribution >= 4 is 0 Å². The Morgan fingerprint density at radius 1 is 1.86 bits per heavy atom. The minimum Gasteiger partial charge on any atom is -0.257 e. The summed E-state index contributed by atoms with van der Waals surface area (Å²) in [6, 6.07) is 0. The van der Waals surface area contributed by atoms with E-state index in [2.05, 4.69) is 10.1 Å². The Balaban J connectivity index is 3.16. The van der Waals surface area contributed by atoms with E-state index in [0.29, 0.717) is 6.54 Å². The van der Waals surface area contributed by atoms with Crippen LogP contribution in [-0.2, 0) is 4.84 Å². The van der Waals surface area contributed by atoms with Crippen molar-refractivity contribution in [3.63, 3.8) is 0 Å². The van der Waals surface area contributed by atoms with Crippen molar-refractivity contribution in [3.8, 4) is 0 Å². The summed E-state index contributed by atoms with van der Waals surface area (Å²) in [6.07, 6.45) is 0. The first-order valence-electron chi connectivity index (χ1n) is 2.00. The van der Waals surface area contributed by atoms with Crippen LogP contribution in [0.25, 0.3) is 0 Å². The summed E-state index contributed by atoms with van der Waals surface area (Å²) in [5.74, 6) is 0. The van der Waals surface area contributed by atoms with Crippen molar-refractivity contribution in [2.24, 2.45) is 5.29 Å². The second-order valence-corrected chi connectivity index (χ2v) is 0.933. The van der Waals surface area contributed by atoms with Gasteiger partial charge in [0.15, 0.2) is 0 Å². The molecule has 0 saturated carbocycles. The Kier molecular flexibility index (Phi) is 3.22. The van der Waals surface area contributed by atoms with Gasteiger partial charge in [-0.3, -0.25) is 4.84 Å². The molecule has 0 spiro atoms. The summed E-state index contributed by atoms with van der Waals surface area (Å²) in [5, 5.41) is 3.43. The lowest BCUT2D eigenvalue weighted by atomic mass is 10.8. The third kappa shape index (κ3) is 2.11. The smallest absolute Gasteiger partial charge is 0.0788 e. The van der Waals surface area contributed by atoms with Crippen LogP contribution in [0, 0.1) is 4.91 Å². The topological polar surface area (TPSA) is 41.9 Å². The highest BCUT2D eigenvalue weighted by atomic mass is 16.7. The van der Waals surface area contributed by atoms with Gasteiger partial charge in [0.25, 0.3) is 0 Å². The molecular formula is C3H8N2O2. The molecule has 0 aliphatic rings. The standard InChI is InChI=1S/C3H8N2O2/c1-3-5(4-6)7-2/h3H2,1-2H3. The summed E-state index contributed by atoms with van der Waals surface area (Å²) < 4.78 is 0. The highest BCUT2D eigenvalue weighted by Gasteiger charge is 1.89. The lowest BCUT2D eigenvalue weighted by Gasteiger charge is -2.05. The fourth-order valence-electron chi connectivity index (χ4n) is 0.220. The van der Waals surface area contributed by atoms with Crippen LogP contribution in [0.3, 0.4) is 0 Å². The maximum atomic E-state index is 9.52. The molecule has 42 valence electrons. The Morgan fingerprint density at radius 2 is 2.43 bits per heavy atom. The zero-order valence-electron chi connectivity index (χ0n) is 4.42. The minimum absolute atomic E-state index is 0.486. The molecule has 0 bridgehead atoms. The molecular weight excluding hydrogens is 96.0 g/mol. The van der Waals surface area contributed by atoms with Gasteiger partial charge in [0.2, 0.25) is 0 Å². The third-order valence-electron chi connectivity index (χ3n) is 0.572. The minimum atomic E-state index is 0.486. The molecule has 0 aromatic rings. The van der Waals surface area contributed by atoms with E-state index >= 15 is 0 Å². The fourth-order valence-corrected chi connectivity index (χ4v) is 0.220. The van der Waals surface area contributed by atoms with Crippen LogP contribution < -0.4 is 0 Å². The first kappa shape index (κ1) is 6.36. The molecule has 0 aromatic carbocycles. The molecule has 4 nitrogen and oxygen atoms in total. The number of hydrogen-bond donors (Lipinski definition) is 0. The maximum Gasteiger partial charge on any atom is 0.0788 e. The highest BCUT2D eigenvalue weighted by molar-refractivity contribution is 4.22. The number of nitrogens with zero attached hydrogens (tertiary/aromatic N) is 2. The Hall–Kier alpha value is -0.640. The van der Waals surface area contributed by atoms with Crippen LogP contribution in [0.5, 0.6) is 0 Å². The van der Waals surface area contributed by atoms with Crippen LogP contribution in [-0.4, -0.2) is 18.8 Å². The van der Waals surface area contributed by atoms with E-state index in [0.717, 1.165) is 5.17 Å². The van der Waals surface area contributed by atoms with Crippen molar-refractivity contribution in [2.45, 2.75) is 6.92 Å². The predicted molar refractivity (Wildman–Crippen MR) is 25.2 cm³/mol. The van der Waals surface area contributed by atoms with Gasteiger partial charge in [0.05, 0.1) is 18.9 Å². The van der Waals surface area contributed by atoms with Gasteiger partial charge < -0.3 is 0 Å². The van der Waals surface area contributed by atoms with Crippen LogP contribution in [0.1, 0.15) is 6.92 Å². The molecule has 4 heteroatoms. The molecule has 7 heavy (non-hydrogen) atoms. The Labute approximate surface area is 42.0 Å². The maximum absolute atomic E-state index is 9.52. The van der Waals surface area contributed by atoms with Gasteiger partial charge in [-0.25, -0.2) is 0 Å². The van der Waals surface area contributed by atoms with Crippen LogP contribution in [0.15, 0.2) is 5.29 Å². The van der Waals surface area contributed by atoms with Crippen molar-refractivity contribution < 1.29 is 4.84 Å². The van der Waals surface area contributed by atoms with E-state index in [1.807, 2.05) is 0 Å². The second kappa shape index (κ2) is 3.55. The lowest BCUT2D eigenvalue weighted by molar-refractivity contribution is -0.128. The molecule has 0 atom stereocenters. The summed E-state index contributed by atoms with van der Waals surface area (Å²) in [4.78, 5) is 13.9. The number of rotatable bonds is 3. The molecule has 0 heterocycles. The quantitative estimate of drug-likeness (QED) is 0.388. The van der Waals surface area contributed by atoms with E-state index in [-0.39, 0.29) is 0 Å². The van der Waals surface area contributed by atoms with Crippen molar-refractivity contribution in [2.75, 3.05) is 13.7 Å². The molecule has 0 aromatic heterocycles. The highest BCUT2D eigenvalue weighted by Crippen LogP contribution is 1.83. The predicted octanol–water partition coefficient (Wildman–Crippen LogP) is 0.551. The summed E-state index contributed by atoms with van der Waals surface area (Å²) in [6.45, 7) is 2.25. The van der Waals surface area contributed by atoms with Gasteiger partial charge in [0, 0.05) is 0 Å². The van der Waals surface area contributed by atoms with Crippen LogP contribution in [0.2, 0.25) is 0 Å². The molecule has 0 aliphatic heterocycles. The second-order valence-electron chi connectivity index (χ2n) is 0.933. The SMILES string of the molecule is CCN(N=O)OC. The van der Waals surface area contributed by atoms with Gasteiger partial charge in [-0.15, -0.1) is 10.1 Å². The lowest BCUT2D eigenvalue weighted by Crippen LogP contribution is -2.12. The first-order valence-corrected chi connectivity index (χ1v) is 2.00. The van der Waals surface area contributed by atoms with E-state index < -0.39 is 0 Å². The molecule has 0 N–H and O–H groups in total. The van der Waals surface area contributed by atoms with E-state index in [4.69, 9.17) is 0 Å². The zero-order valence-corrected chi connectivity index (χ0v) is 4.42. The fraction of sp³-hybridized carbons (Fsp3) is 1.00. The molecule has 0 amide bonds. The summed E-state index contributed by atoms with van der Waals surface area (Å²) >= 11 is 0. The van der Waals surface area contributed by atoms with Crippen molar-refractivity contribution in [1.29, 1.82) is 0 Å².